The van der Waals surface area contributed by atoms with Crippen LogP contribution in [0.5, 0.6) is 0 Å². The number of halogens is 2. The highest BCUT2D eigenvalue weighted by molar-refractivity contribution is 7.99. The van der Waals surface area contributed by atoms with Crippen LogP contribution in [0.3, 0.4) is 0 Å². The van der Waals surface area contributed by atoms with Gasteiger partial charge in [0.1, 0.15) is 0 Å². The standard InChI is InChI=1S/C37H28Cl2N10O2S5/c1-2-48-31(28-10-5-15-53-28)42-44-35(48)55-20-30-40-33(50-46-30)23-12-13-26(27(39)18-23)37(41-34(51-47-37)22-7-3-8-24(38)17-22)21-56-36-45-43-32(29-11-6-16-54-29)49(36)19-25-9-4-14-52-25/h3-18,47H,2,19-21H2,1H3. The summed E-state index contributed by atoms with van der Waals surface area (Å²) in [6, 6.07) is 25.2. The number of aromatic nitrogens is 8. The molecule has 19 heteroatoms. The van der Waals surface area contributed by atoms with E-state index in [1.165, 1.54) is 28.4 Å². The van der Waals surface area contributed by atoms with Gasteiger partial charge in [-0.3, -0.25) is 4.57 Å². The molecule has 0 saturated carbocycles. The summed E-state index contributed by atoms with van der Waals surface area (Å²) in [4.78, 5) is 19.2. The van der Waals surface area contributed by atoms with E-state index >= 15 is 0 Å². The minimum atomic E-state index is -1.12. The fourth-order valence-electron chi connectivity index (χ4n) is 6.02. The molecule has 0 spiro atoms. The quantitative estimate of drug-likeness (QED) is 0.105. The van der Waals surface area contributed by atoms with Gasteiger partial charge in [-0.2, -0.15) is 4.98 Å². The molecule has 8 aromatic rings. The Balaban J connectivity index is 0.994. The van der Waals surface area contributed by atoms with Crippen LogP contribution in [0.2, 0.25) is 10.0 Å². The van der Waals surface area contributed by atoms with Crippen LogP contribution in [0, 0.1) is 0 Å². The van der Waals surface area contributed by atoms with Gasteiger partial charge >= 0.3 is 0 Å². The predicted octanol–water partition coefficient (Wildman–Crippen LogP) is 10.0. The largest absolute Gasteiger partial charge is 0.385 e. The highest BCUT2D eigenvalue weighted by atomic mass is 35.5. The molecule has 282 valence electrons. The number of nitrogens with one attached hydrogen (secondary N) is 1. The summed E-state index contributed by atoms with van der Waals surface area (Å²) >= 11 is 21.5. The lowest BCUT2D eigenvalue weighted by Crippen LogP contribution is -2.39. The zero-order chi connectivity index (χ0) is 38.1. The first-order valence-electron chi connectivity index (χ1n) is 17.1. The predicted molar refractivity (Wildman–Crippen MR) is 225 cm³/mol. The van der Waals surface area contributed by atoms with Crippen molar-refractivity contribution in [3.63, 3.8) is 0 Å². The molecule has 0 aliphatic carbocycles. The van der Waals surface area contributed by atoms with Gasteiger partial charge in [0.2, 0.25) is 5.90 Å². The van der Waals surface area contributed by atoms with Crippen LogP contribution in [0.25, 0.3) is 32.9 Å². The van der Waals surface area contributed by atoms with E-state index in [-0.39, 0.29) is 0 Å². The van der Waals surface area contributed by atoms with Gasteiger partial charge in [0.15, 0.2) is 33.4 Å². The number of rotatable bonds is 14. The number of nitrogens with zero attached hydrogens (tertiary/aromatic N) is 9. The molecule has 2 aromatic carbocycles. The number of benzene rings is 2. The Morgan fingerprint density at radius 1 is 0.786 bits per heavy atom. The van der Waals surface area contributed by atoms with E-state index < -0.39 is 5.66 Å². The third-order valence-electron chi connectivity index (χ3n) is 8.68. The summed E-state index contributed by atoms with van der Waals surface area (Å²) in [5.74, 6) is 3.71. The van der Waals surface area contributed by atoms with E-state index in [9.17, 15) is 0 Å². The Morgan fingerprint density at radius 3 is 2.23 bits per heavy atom. The molecular formula is C37H28Cl2N10O2S5. The molecule has 12 nitrogen and oxygen atoms in total. The van der Waals surface area contributed by atoms with Gasteiger partial charge in [-0.25, -0.2) is 4.99 Å². The molecule has 7 heterocycles. The van der Waals surface area contributed by atoms with E-state index in [4.69, 9.17) is 37.6 Å². The van der Waals surface area contributed by atoms with Crippen LogP contribution < -0.4 is 5.48 Å². The Morgan fingerprint density at radius 2 is 1.54 bits per heavy atom. The van der Waals surface area contributed by atoms with Crippen molar-refractivity contribution >= 4 is 86.6 Å². The summed E-state index contributed by atoms with van der Waals surface area (Å²) in [6.45, 7) is 3.44. The van der Waals surface area contributed by atoms with Gasteiger partial charge < -0.3 is 13.9 Å². The third kappa shape index (κ3) is 7.57. The van der Waals surface area contributed by atoms with E-state index in [1.807, 2.05) is 59.3 Å². The van der Waals surface area contributed by atoms with Crippen LogP contribution in [0.1, 0.15) is 28.8 Å². The van der Waals surface area contributed by atoms with Crippen molar-refractivity contribution in [3.8, 4) is 32.9 Å². The topological polar surface area (TPSA) is 134 Å². The zero-order valence-corrected chi connectivity index (χ0v) is 34.8. The third-order valence-corrected chi connectivity index (χ3v) is 13.9. The lowest BCUT2D eigenvalue weighted by atomic mass is 10.0. The number of hydrogen-bond donors (Lipinski definition) is 1. The highest BCUT2D eigenvalue weighted by Crippen LogP contribution is 2.40. The van der Waals surface area contributed by atoms with E-state index in [2.05, 4.69) is 69.6 Å². The minimum Gasteiger partial charge on any atom is -0.385 e. The van der Waals surface area contributed by atoms with Crippen molar-refractivity contribution in [2.24, 2.45) is 4.99 Å². The van der Waals surface area contributed by atoms with Crippen LogP contribution in [-0.4, -0.2) is 51.3 Å². The summed E-state index contributed by atoms with van der Waals surface area (Å²) in [6.07, 6.45) is 0. The van der Waals surface area contributed by atoms with Gasteiger partial charge in [0.05, 0.1) is 22.1 Å². The number of hydrogen-bond acceptors (Lipinski definition) is 15. The molecule has 0 radical (unpaired) electrons. The monoisotopic (exact) mass is 874 g/mol. The van der Waals surface area contributed by atoms with Crippen LogP contribution >= 0.6 is 80.7 Å². The average Bonchev–Trinajstić information content (AvgIpc) is 4.06. The van der Waals surface area contributed by atoms with E-state index in [1.54, 1.807) is 52.2 Å². The van der Waals surface area contributed by atoms with Crippen molar-refractivity contribution < 1.29 is 9.36 Å². The molecule has 0 saturated heterocycles. The maximum atomic E-state index is 7.14. The normalized spacial score (nSPS) is 15.4. The van der Waals surface area contributed by atoms with E-state index in [0.717, 1.165) is 43.8 Å². The average molecular weight is 876 g/mol. The van der Waals surface area contributed by atoms with Crippen LogP contribution in [0.4, 0.5) is 0 Å². The Labute approximate surface area is 351 Å². The van der Waals surface area contributed by atoms with Gasteiger partial charge in [0, 0.05) is 43.9 Å². The maximum Gasteiger partial charge on any atom is 0.258 e. The molecule has 0 bridgehead atoms. The van der Waals surface area contributed by atoms with E-state index in [0.29, 0.717) is 56.8 Å². The van der Waals surface area contributed by atoms with Gasteiger partial charge in [-0.15, -0.1) is 59.9 Å². The Bertz CT molecular complexity index is 2620. The zero-order valence-electron chi connectivity index (χ0n) is 29.2. The van der Waals surface area contributed by atoms with Crippen LogP contribution in [-0.2, 0) is 29.3 Å². The fraction of sp³-hybridized carbons (Fsp3) is 0.162. The maximum absolute atomic E-state index is 7.14. The van der Waals surface area contributed by atoms with Gasteiger partial charge in [-0.1, -0.05) is 82.2 Å². The smallest absolute Gasteiger partial charge is 0.258 e. The Hall–Kier alpha value is -4.33. The van der Waals surface area contributed by atoms with Gasteiger partial charge in [0.25, 0.3) is 5.89 Å². The lowest BCUT2D eigenvalue weighted by molar-refractivity contribution is 0.132. The van der Waals surface area contributed by atoms with Crippen molar-refractivity contribution in [2.75, 3.05) is 5.75 Å². The molecule has 1 aliphatic heterocycles. The number of thioether (sulfide) groups is 2. The summed E-state index contributed by atoms with van der Waals surface area (Å²) < 4.78 is 9.93. The fourth-order valence-corrected chi connectivity index (χ4v) is 10.5. The van der Waals surface area contributed by atoms with Gasteiger partial charge in [-0.05, 0) is 71.6 Å². The summed E-state index contributed by atoms with van der Waals surface area (Å²) in [5, 5.41) is 31.0. The molecule has 1 atom stereocenters. The molecular weight excluding hydrogens is 848 g/mol. The molecule has 0 fully saturated rings. The summed E-state index contributed by atoms with van der Waals surface area (Å²) in [7, 11) is 0. The van der Waals surface area contributed by atoms with Crippen LogP contribution in [0.15, 0.2) is 115 Å². The SMILES string of the molecule is CCn1c(SCc2noc(-c3ccc(C4(CSc5nnc(-c6cccs6)n5Cc5cccs5)N=C(c5cccc(Cl)c5)ON4)c(Cl)c3)n2)nnc1-c1cccs1. The first-order valence-corrected chi connectivity index (χ1v) is 22.5. The molecule has 9 rings (SSSR count). The number of thiophene rings is 3. The molecule has 1 N–H and O–H groups in total. The first kappa shape index (κ1) is 37.3. The summed E-state index contributed by atoms with van der Waals surface area (Å²) in [5.41, 5.74) is 4.17. The first-order chi connectivity index (χ1) is 27.5. The second-order valence-electron chi connectivity index (χ2n) is 12.3. The Kier molecular flexibility index (Phi) is 10.8. The second-order valence-corrected chi connectivity index (χ2v) is 17.9. The lowest BCUT2D eigenvalue weighted by Gasteiger charge is -2.25. The number of hydroxylamine groups is 1. The molecule has 6 aromatic heterocycles. The minimum absolute atomic E-state index is 0.343. The second kappa shape index (κ2) is 16.3. The highest BCUT2D eigenvalue weighted by Gasteiger charge is 2.41. The van der Waals surface area contributed by atoms with Crippen molar-refractivity contribution in [1.29, 1.82) is 0 Å². The number of aliphatic imine (C=N–C) groups is 1. The molecule has 0 amide bonds. The molecule has 56 heavy (non-hydrogen) atoms. The van der Waals surface area contributed by atoms with Crippen molar-refractivity contribution in [1.82, 2.24) is 45.1 Å². The molecule has 1 aliphatic rings. The van der Waals surface area contributed by atoms with Crippen molar-refractivity contribution in [2.45, 2.75) is 41.7 Å². The van der Waals surface area contributed by atoms with Crippen molar-refractivity contribution in [3.05, 3.63) is 127 Å². The molecule has 1 unspecified atom stereocenters.